The van der Waals surface area contributed by atoms with E-state index in [1.54, 1.807) is 25.4 Å². The molecule has 0 atom stereocenters. The van der Waals surface area contributed by atoms with Crippen molar-refractivity contribution in [2.24, 2.45) is 12.2 Å². The molecule has 2 heterocycles. The zero-order valence-corrected chi connectivity index (χ0v) is 24.7. The first-order chi connectivity index (χ1) is 20.2. The molecule has 5 rings (SSSR count). The SMILES string of the molecule is COc1nn(C)c(=O)n1-c1ccccc1COc1cc(C)c(/C(C)=N/OCc2coc(-c3ccc(Cl)cc3)n2)cc1C. The number of aromatic nitrogens is 4. The van der Waals surface area contributed by atoms with Crippen LogP contribution in [0.4, 0.5) is 0 Å². The van der Waals surface area contributed by atoms with Crippen LogP contribution in [0.15, 0.2) is 81.3 Å². The van der Waals surface area contributed by atoms with Gasteiger partial charge < -0.3 is 18.7 Å². The van der Waals surface area contributed by atoms with Gasteiger partial charge in [0, 0.05) is 28.8 Å². The van der Waals surface area contributed by atoms with E-state index >= 15 is 0 Å². The normalized spacial score (nSPS) is 11.5. The van der Waals surface area contributed by atoms with Crippen molar-refractivity contribution in [1.82, 2.24) is 19.3 Å². The summed E-state index contributed by atoms with van der Waals surface area (Å²) in [5.74, 6) is 1.21. The molecule has 42 heavy (non-hydrogen) atoms. The fraction of sp³-hybridized carbons (Fsp3) is 0.226. The number of ether oxygens (including phenoxy) is 2. The Morgan fingerprint density at radius 1 is 1.05 bits per heavy atom. The van der Waals surface area contributed by atoms with Crippen LogP contribution in [0, 0.1) is 13.8 Å². The molecule has 0 saturated heterocycles. The van der Waals surface area contributed by atoms with E-state index in [1.165, 1.54) is 16.4 Å². The van der Waals surface area contributed by atoms with Gasteiger partial charge in [-0.1, -0.05) is 35.0 Å². The standard InChI is InChI=1S/C31H30ClN5O5/c1-19-15-28(40-16-23-8-6-7-9-27(23)37-30(39-5)34-36(4)31(37)38)20(2)14-26(19)21(3)35-42-18-25-17-41-29(33-25)22-10-12-24(32)13-11-22/h6-15,17H,16,18H2,1-5H3/b35-21+. The zero-order chi connectivity index (χ0) is 29.8. The van der Waals surface area contributed by atoms with E-state index < -0.39 is 0 Å². The number of nitrogens with zero attached hydrogens (tertiary/aromatic N) is 5. The molecule has 0 radical (unpaired) electrons. The minimum absolute atomic E-state index is 0.165. The minimum atomic E-state index is -0.307. The molecule has 0 fully saturated rings. The quantitative estimate of drug-likeness (QED) is 0.145. The highest BCUT2D eigenvalue weighted by molar-refractivity contribution is 6.30. The monoisotopic (exact) mass is 587 g/mol. The molecule has 0 aliphatic carbocycles. The fourth-order valence-corrected chi connectivity index (χ4v) is 4.59. The van der Waals surface area contributed by atoms with Gasteiger partial charge in [-0.2, -0.15) is 0 Å². The van der Waals surface area contributed by atoms with Crippen molar-refractivity contribution < 1.29 is 18.7 Å². The lowest BCUT2D eigenvalue weighted by Crippen LogP contribution is -2.22. The van der Waals surface area contributed by atoms with Crippen LogP contribution in [0.25, 0.3) is 17.1 Å². The number of benzene rings is 3. The van der Waals surface area contributed by atoms with E-state index in [0.29, 0.717) is 22.3 Å². The Morgan fingerprint density at radius 3 is 2.57 bits per heavy atom. The summed E-state index contributed by atoms with van der Waals surface area (Å²) in [6, 6.07) is 18.9. The van der Waals surface area contributed by atoms with E-state index in [4.69, 9.17) is 30.3 Å². The summed E-state index contributed by atoms with van der Waals surface area (Å²) in [5.41, 5.74) is 6.17. The van der Waals surface area contributed by atoms with Crippen LogP contribution < -0.4 is 15.2 Å². The molecular weight excluding hydrogens is 558 g/mol. The summed E-state index contributed by atoms with van der Waals surface area (Å²) >= 11 is 5.96. The van der Waals surface area contributed by atoms with Crippen molar-refractivity contribution in [2.75, 3.05) is 7.11 Å². The Bertz CT molecular complexity index is 1800. The molecule has 2 aromatic heterocycles. The smallest absolute Gasteiger partial charge is 0.353 e. The Balaban J connectivity index is 1.26. The topological polar surface area (TPSA) is 106 Å². The summed E-state index contributed by atoms with van der Waals surface area (Å²) in [7, 11) is 3.06. The van der Waals surface area contributed by atoms with Crippen LogP contribution in [0.3, 0.4) is 0 Å². The molecule has 0 bridgehead atoms. The van der Waals surface area contributed by atoms with Crippen LogP contribution >= 0.6 is 11.6 Å². The Morgan fingerprint density at radius 2 is 1.81 bits per heavy atom. The van der Waals surface area contributed by atoms with Gasteiger partial charge in [0.25, 0.3) is 0 Å². The van der Waals surface area contributed by atoms with Crippen LogP contribution in [0.2, 0.25) is 5.02 Å². The first kappa shape index (κ1) is 28.7. The molecule has 0 aliphatic rings. The second kappa shape index (κ2) is 12.4. The molecule has 0 spiro atoms. The summed E-state index contributed by atoms with van der Waals surface area (Å²) in [6.07, 6.45) is 1.55. The molecular formula is C31H30ClN5O5. The third-order valence-corrected chi connectivity index (χ3v) is 6.91. The Labute approximate surface area is 247 Å². The fourth-order valence-electron chi connectivity index (χ4n) is 4.46. The van der Waals surface area contributed by atoms with Gasteiger partial charge in [0.15, 0.2) is 6.61 Å². The Hall–Kier alpha value is -4.83. The van der Waals surface area contributed by atoms with Crippen LogP contribution in [-0.4, -0.2) is 32.2 Å². The average molecular weight is 588 g/mol. The number of para-hydroxylation sites is 1. The number of hydrogen-bond donors (Lipinski definition) is 0. The molecule has 0 amide bonds. The molecule has 0 unspecified atom stereocenters. The zero-order valence-electron chi connectivity index (χ0n) is 23.9. The predicted octanol–water partition coefficient (Wildman–Crippen LogP) is 6.02. The van der Waals surface area contributed by atoms with Gasteiger partial charge >= 0.3 is 11.7 Å². The molecule has 0 N–H and O–H groups in total. The van der Waals surface area contributed by atoms with Gasteiger partial charge in [-0.3, -0.25) is 0 Å². The molecule has 11 heteroatoms. The maximum atomic E-state index is 12.7. The van der Waals surface area contributed by atoms with Crippen LogP contribution in [-0.2, 0) is 25.1 Å². The highest BCUT2D eigenvalue weighted by Gasteiger charge is 2.17. The minimum Gasteiger partial charge on any atom is -0.489 e. The lowest BCUT2D eigenvalue weighted by molar-refractivity contribution is 0.127. The molecule has 5 aromatic rings. The van der Waals surface area contributed by atoms with Gasteiger partial charge in [0.2, 0.25) is 5.89 Å². The van der Waals surface area contributed by atoms with Gasteiger partial charge in [-0.15, -0.1) is 5.10 Å². The average Bonchev–Trinajstić information content (AvgIpc) is 3.57. The second-order valence-electron chi connectivity index (χ2n) is 9.68. The first-order valence-corrected chi connectivity index (χ1v) is 13.5. The number of methoxy groups -OCH3 is 1. The van der Waals surface area contributed by atoms with E-state index in [1.807, 2.05) is 69.3 Å². The molecule has 0 aliphatic heterocycles. The van der Waals surface area contributed by atoms with E-state index in [2.05, 4.69) is 15.2 Å². The van der Waals surface area contributed by atoms with Gasteiger partial charge in [-0.25, -0.2) is 19.0 Å². The van der Waals surface area contributed by atoms with Crippen molar-refractivity contribution in [2.45, 2.75) is 34.0 Å². The number of oxime groups is 1. The largest absolute Gasteiger partial charge is 0.489 e. The molecule has 3 aromatic carbocycles. The van der Waals surface area contributed by atoms with Crippen molar-refractivity contribution in [3.8, 4) is 28.9 Å². The summed E-state index contributed by atoms with van der Waals surface area (Å²) in [6.45, 7) is 6.26. The van der Waals surface area contributed by atoms with E-state index in [0.717, 1.165) is 39.3 Å². The van der Waals surface area contributed by atoms with Crippen molar-refractivity contribution in [1.29, 1.82) is 0 Å². The van der Waals surface area contributed by atoms with Crippen molar-refractivity contribution >= 4 is 17.3 Å². The maximum Gasteiger partial charge on any atom is 0.353 e. The first-order valence-electron chi connectivity index (χ1n) is 13.1. The number of aryl methyl sites for hydroxylation is 3. The van der Waals surface area contributed by atoms with E-state index in [-0.39, 0.29) is 24.9 Å². The number of halogens is 1. The summed E-state index contributed by atoms with van der Waals surface area (Å²) < 4.78 is 19.8. The number of rotatable bonds is 10. The number of oxazole rings is 1. The molecule has 10 nitrogen and oxygen atoms in total. The van der Waals surface area contributed by atoms with Gasteiger partial charge in [0.05, 0.1) is 18.5 Å². The van der Waals surface area contributed by atoms with E-state index in [9.17, 15) is 4.79 Å². The van der Waals surface area contributed by atoms with Gasteiger partial charge in [-0.05, 0) is 74.4 Å². The second-order valence-corrected chi connectivity index (χ2v) is 10.1. The van der Waals surface area contributed by atoms with Crippen molar-refractivity contribution in [3.05, 3.63) is 110 Å². The highest BCUT2D eigenvalue weighted by atomic mass is 35.5. The molecule has 216 valence electrons. The lowest BCUT2D eigenvalue weighted by atomic mass is 10.0. The molecule has 0 saturated carbocycles. The Kier molecular flexibility index (Phi) is 8.44. The maximum absolute atomic E-state index is 12.7. The van der Waals surface area contributed by atoms with Crippen molar-refractivity contribution in [3.63, 3.8) is 0 Å². The highest BCUT2D eigenvalue weighted by Crippen LogP contribution is 2.26. The van der Waals surface area contributed by atoms with Gasteiger partial charge in [0.1, 0.15) is 24.3 Å². The van der Waals surface area contributed by atoms with Crippen LogP contribution in [0.1, 0.15) is 34.9 Å². The van der Waals surface area contributed by atoms with Crippen LogP contribution in [0.5, 0.6) is 11.8 Å². The summed E-state index contributed by atoms with van der Waals surface area (Å²) in [5, 5.41) is 9.09. The summed E-state index contributed by atoms with van der Waals surface area (Å²) in [4.78, 5) is 22.8. The third kappa shape index (κ3) is 6.08. The third-order valence-electron chi connectivity index (χ3n) is 6.66. The lowest BCUT2D eigenvalue weighted by Gasteiger charge is -2.15. The number of hydrogen-bond acceptors (Lipinski definition) is 8. The predicted molar refractivity (Wildman–Crippen MR) is 160 cm³/mol.